The highest BCUT2D eigenvalue weighted by atomic mass is 16.5. The molecule has 0 fully saturated rings. The fourth-order valence-electron chi connectivity index (χ4n) is 1.50. The van der Waals surface area contributed by atoms with Crippen molar-refractivity contribution in [1.82, 2.24) is 0 Å². The molecule has 20 heavy (non-hydrogen) atoms. The van der Waals surface area contributed by atoms with E-state index >= 15 is 0 Å². The van der Waals surface area contributed by atoms with Crippen molar-refractivity contribution in [2.45, 2.75) is 45.4 Å². The van der Waals surface area contributed by atoms with E-state index in [9.17, 15) is 9.59 Å². The molecular formula is C14H25N3O3. The number of hydrogen-bond acceptors (Lipinski definition) is 4. The van der Waals surface area contributed by atoms with Gasteiger partial charge in [-0.05, 0) is 26.2 Å². The van der Waals surface area contributed by atoms with E-state index in [1.165, 1.54) is 0 Å². The molecule has 0 aromatic carbocycles. The number of carbonyl (C=O) groups excluding carboxylic acids is 2. The van der Waals surface area contributed by atoms with Gasteiger partial charge in [0.05, 0.1) is 6.61 Å². The Hall–Kier alpha value is -1.85. The number of aliphatic imine (C=N–C) groups is 1. The fourth-order valence-corrected chi connectivity index (χ4v) is 1.50. The standard InChI is InChI=1S/C14H25N3O3/c1-11(2)13(19)20-10-6-8-12(18)7-4-3-5-9-17-14(15)16/h1,3-10H2,2H3,(H4,15,16,17). The normalized spacial score (nSPS) is 9.85. The van der Waals surface area contributed by atoms with E-state index < -0.39 is 5.97 Å². The van der Waals surface area contributed by atoms with E-state index in [4.69, 9.17) is 16.2 Å². The molecule has 0 rings (SSSR count). The van der Waals surface area contributed by atoms with Crippen molar-refractivity contribution >= 4 is 17.7 Å². The maximum atomic E-state index is 11.5. The Balaban J connectivity index is 3.44. The highest BCUT2D eigenvalue weighted by Gasteiger charge is 2.05. The van der Waals surface area contributed by atoms with Crippen LogP contribution >= 0.6 is 0 Å². The third kappa shape index (κ3) is 11.3. The Morgan fingerprint density at radius 1 is 1.10 bits per heavy atom. The van der Waals surface area contributed by atoms with Crippen LogP contribution in [0.1, 0.15) is 45.4 Å². The highest BCUT2D eigenvalue weighted by molar-refractivity contribution is 5.86. The molecule has 0 amide bonds. The molecule has 0 aliphatic carbocycles. The minimum Gasteiger partial charge on any atom is -0.462 e. The van der Waals surface area contributed by atoms with Gasteiger partial charge in [-0.1, -0.05) is 13.0 Å². The molecule has 4 N–H and O–H groups in total. The largest absolute Gasteiger partial charge is 0.462 e. The molecular weight excluding hydrogens is 258 g/mol. The zero-order valence-corrected chi connectivity index (χ0v) is 12.2. The zero-order chi connectivity index (χ0) is 15.4. The third-order valence-electron chi connectivity index (χ3n) is 2.59. The predicted octanol–water partition coefficient (Wildman–Crippen LogP) is 1.29. The Labute approximate surface area is 120 Å². The number of carbonyl (C=O) groups is 2. The molecule has 0 unspecified atom stereocenters. The van der Waals surface area contributed by atoms with Gasteiger partial charge in [0.25, 0.3) is 0 Å². The van der Waals surface area contributed by atoms with E-state index in [1.54, 1.807) is 6.92 Å². The first-order chi connectivity index (χ1) is 9.43. The molecule has 0 heterocycles. The van der Waals surface area contributed by atoms with Crippen molar-refractivity contribution in [3.8, 4) is 0 Å². The van der Waals surface area contributed by atoms with Crippen LogP contribution in [0.25, 0.3) is 0 Å². The Morgan fingerprint density at radius 2 is 1.75 bits per heavy atom. The van der Waals surface area contributed by atoms with E-state index in [-0.39, 0.29) is 18.3 Å². The maximum Gasteiger partial charge on any atom is 0.333 e. The SMILES string of the molecule is C=C(C)C(=O)OCCCC(=O)CCCCCN=C(N)N. The Bertz CT molecular complexity index is 361. The minimum absolute atomic E-state index is 0.102. The summed E-state index contributed by atoms with van der Waals surface area (Å²) in [4.78, 5) is 26.5. The summed E-state index contributed by atoms with van der Waals surface area (Å²) in [7, 11) is 0. The number of ether oxygens (including phenoxy) is 1. The molecule has 0 atom stereocenters. The lowest BCUT2D eigenvalue weighted by Crippen LogP contribution is -2.22. The average molecular weight is 283 g/mol. The monoisotopic (exact) mass is 283 g/mol. The van der Waals surface area contributed by atoms with Crippen molar-refractivity contribution in [2.24, 2.45) is 16.5 Å². The van der Waals surface area contributed by atoms with Gasteiger partial charge in [-0.3, -0.25) is 9.79 Å². The molecule has 0 saturated heterocycles. The molecule has 114 valence electrons. The summed E-state index contributed by atoms with van der Waals surface area (Å²) in [6, 6.07) is 0. The molecule has 0 bridgehead atoms. The maximum absolute atomic E-state index is 11.5. The molecule has 0 aromatic rings. The van der Waals surface area contributed by atoms with Gasteiger partial charge >= 0.3 is 5.97 Å². The van der Waals surface area contributed by atoms with Crippen molar-refractivity contribution in [3.63, 3.8) is 0 Å². The summed E-state index contributed by atoms with van der Waals surface area (Å²) in [6.07, 6.45) is 4.19. The third-order valence-corrected chi connectivity index (χ3v) is 2.59. The van der Waals surface area contributed by atoms with Gasteiger partial charge in [0.1, 0.15) is 5.78 Å². The van der Waals surface area contributed by atoms with Crippen LogP contribution in [-0.2, 0) is 14.3 Å². The van der Waals surface area contributed by atoms with Gasteiger partial charge in [0.2, 0.25) is 0 Å². The smallest absolute Gasteiger partial charge is 0.333 e. The number of guanidine groups is 1. The summed E-state index contributed by atoms with van der Waals surface area (Å²) >= 11 is 0. The second kappa shape index (κ2) is 11.0. The Morgan fingerprint density at radius 3 is 2.35 bits per heavy atom. The Kier molecular flexibility index (Phi) is 10.00. The summed E-state index contributed by atoms with van der Waals surface area (Å²) in [5.74, 6) is -0.110. The topological polar surface area (TPSA) is 108 Å². The quantitative estimate of drug-likeness (QED) is 0.195. The van der Waals surface area contributed by atoms with Crippen LogP contribution in [0, 0.1) is 0 Å². The van der Waals surface area contributed by atoms with E-state index in [0.29, 0.717) is 31.4 Å². The van der Waals surface area contributed by atoms with Crippen LogP contribution in [0.2, 0.25) is 0 Å². The molecule has 0 aliphatic heterocycles. The lowest BCUT2D eigenvalue weighted by Gasteiger charge is -2.04. The molecule has 0 aliphatic rings. The lowest BCUT2D eigenvalue weighted by atomic mass is 10.1. The summed E-state index contributed by atoms with van der Waals surface area (Å²) in [6.45, 7) is 5.94. The average Bonchev–Trinajstić information content (AvgIpc) is 2.37. The molecule has 0 radical (unpaired) electrons. The van der Waals surface area contributed by atoms with Gasteiger partial charge in [-0.2, -0.15) is 0 Å². The van der Waals surface area contributed by atoms with Gasteiger partial charge in [0.15, 0.2) is 5.96 Å². The number of rotatable bonds is 11. The lowest BCUT2D eigenvalue weighted by molar-refractivity contribution is -0.139. The number of ketones is 1. The zero-order valence-electron chi connectivity index (χ0n) is 12.2. The minimum atomic E-state index is -0.405. The van der Waals surface area contributed by atoms with Crippen molar-refractivity contribution < 1.29 is 14.3 Å². The molecule has 0 spiro atoms. The summed E-state index contributed by atoms with van der Waals surface area (Å²) in [5.41, 5.74) is 10.8. The number of unbranched alkanes of at least 4 members (excludes halogenated alkanes) is 2. The van der Waals surface area contributed by atoms with Gasteiger partial charge < -0.3 is 16.2 Å². The molecule has 6 heteroatoms. The van der Waals surface area contributed by atoms with Crippen molar-refractivity contribution in [3.05, 3.63) is 12.2 Å². The van der Waals surface area contributed by atoms with E-state index in [1.807, 2.05) is 0 Å². The molecule has 6 nitrogen and oxygen atoms in total. The van der Waals surface area contributed by atoms with Crippen LogP contribution in [-0.4, -0.2) is 30.9 Å². The number of hydrogen-bond donors (Lipinski definition) is 2. The highest BCUT2D eigenvalue weighted by Crippen LogP contribution is 2.05. The number of nitrogens with zero attached hydrogens (tertiary/aromatic N) is 1. The fraction of sp³-hybridized carbons (Fsp3) is 0.643. The number of esters is 1. The molecule has 0 aromatic heterocycles. The van der Waals surface area contributed by atoms with Crippen LogP contribution < -0.4 is 11.5 Å². The second-order valence-corrected chi connectivity index (χ2v) is 4.68. The van der Waals surface area contributed by atoms with Gasteiger partial charge in [0, 0.05) is 25.0 Å². The first-order valence-electron chi connectivity index (χ1n) is 6.83. The first kappa shape index (κ1) is 18.1. The van der Waals surface area contributed by atoms with E-state index in [2.05, 4.69) is 11.6 Å². The van der Waals surface area contributed by atoms with Crippen LogP contribution in [0.15, 0.2) is 17.1 Å². The summed E-state index contributed by atoms with van der Waals surface area (Å²) < 4.78 is 4.90. The van der Waals surface area contributed by atoms with E-state index in [0.717, 1.165) is 19.3 Å². The predicted molar refractivity (Wildman–Crippen MR) is 79.2 cm³/mol. The van der Waals surface area contributed by atoms with Crippen molar-refractivity contribution in [1.29, 1.82) is 0 Å². The number of Topliss-reactive ketones (excluding diaryl/α,β-unsaturated/α-hetero) is 1. The second-order valence-electron chi connectivity index (χ2n) is 4.68. The van der Waals surface area contributed by atoms with Crippen molar-refractivity contribution in [2.75, 3.05) is 13.2 Å². The van der Waals surface area contributed by atoms with Gasteiger partial charge in [-0.25, -0.2) is 4.79 Å². The van der Waals surface area contributed by atoms with Crippen LogP contribution in [0.4, 0.5) is 0 Å². The van der Waals surface area contributed by atoms with Crippen LogP contribution in [0.5, 0.6) is 0 Å². The number of nitrogens with two attached hydrogens (primary N) is 2. The van der Waals surface area contributed by atoms with Gasteiger partial charge in [-0.15, -0.1) is 0 Å². The first-order valence-corrected chi connectivity index (χ1v) is 6.83. The summed E-state index contributed by atoms with van der Waals surface area (Å²) in [5, 5.41) is 0. The molecule has 0 saturated carbocycles. The van der Waals surface area contributed by atoms with Crippen LogP contribution in [0.3, 0.4) is 0 Å².